The zero-order valence-electron chi connectivity index (χ0n) is 17.2. The zero-order chi connectivity index (χ0) is 21.0. The van der Waals surface area contributed by atoms with Crippen molar-refractivity contribution in [2.45, 2.75) is 27.1 Å². The van der Waals surface area contributed by atoms with Gasteiger partial charge in [-0.1, -0.05) is 6.07 Å². The van der Waals surface area contributed by atoms with E-state index in [9.17, 15) is 0 Å². The van der Waals surface area contributed by atoms with Crippen molar-refractivity contribution < 1.29 is 18.9 Å². The van der Waals surface area contributed by atoms with Crippen LogP contribution in [0, 0.1) is 13.8 Å². The lowest BCUT2D eigenvalue weighted by Gasteiger charge is -2.08. The Hall–Kier alpha value is -3.17. The first kappa shape index (κ1) is 21.5. The lowest BCUT2D eigenvalue weighted by molar-refractivity contribution is 0.0803. The summed E-state index contributed by atoms with van der Waals surface area (Å²) in [6.45, 7) is 6.19. The highest BCUT2D eigenvalue weighted by Crippen LogP contribution is 2.06. The summed E-state index contributed by atoms with van der Waals surface area (Å²) in [4.78, 5) is 4.53. The molecule has 30 heavy (non-hydrogen) atoms. The molecular weight excluding hydrogens is 386 g/mol. The van der Waals surface area contributed by atoms with E-state index in [1.165, 1.54) is 0 Å². The number of nitrogens with zero attached hydrogens (tertiary/aromatic N) is 5. The summed E-state index contributed by atoms with van der Waals surface area (Å²) in [5.74, 6) is 0.972. The molecule has 0 saturated carbocycles. The van der Waals surface area contributed by atoms with E-state index in [1.807, 2.05) is 44.2 Å². The number of hydrogen-bond donors (Lipinski definition) is 0. The second-order valence-electron chi connectivity index (χ2n) is 6.45. The van der Waals surface area contributed by atoms with Crippen LogP contribution in [0.15, 0.2) is 42.5 Å². The fourth-order valence-electron chi connectivity index (χ4n) is 2.38. The standard InChI is InChI=1S/C21H25N5O4/c1-16-6-8-20(25-23-16)29-12-10-27-14-18-4-3-5-19(22-18)15-28-11-13-30-21-9-7-17(2)24-26-21/h3-9H,10-15H2,1-2H3. The normalized spacial score (nSPS) is 10.7. The van der Waals surface area contributed by atoms with Gasteiger partial charge in [-0.05, 0) is 38.1 Å². The molecule has 0 atom stereocenters. The summed E-state index contributed by atoms with van der Waals surface area (Å²) in [6, 6.07) is 13.0. The van der Waals surface area contributed by atoms with E-state index in [4.69, 9.17) is 18.9 Å². The molecule has 3 aromatic rings. The van der Waals surface area contributed by atoms with Gasteiger partial charge in [0.2, 0.25) is 11.8 Å². The molecule has 0 spiro atoms. The Kier molecular flexibility index (Phi) is 8.43. The van der Waals surface area contributed by atoms with Crippen LogP contribution in [0.1, 0.15) is 22.8 Å². The van der Waals surface area contributed by atoms with Crippen LogP contribution in [0.5, 0.6) is 11.8 Å². The summed E-state index contributed by atoms with van der Waals surface area (Å²) < 4.78 is 22.2. The molecule has 3 rings (SSSR count). The molecule has 0 radical (unpaired) electrons. The molecule has 0 aliphatic rings. The van der Waals surface area contributed by atoms with Crippen LogP contribution in [-0.4, -0.2) is 51.8 Å². The van der Waals surface area contributed by atoms with Gasteiger partial charge in [0.25, 0.3) is 0 Å². The van der Waals surface area contributed by atoms with Crippen molar-refractivity contribution in [2.24, 2.45) is 0 Å². The van der Waals surface area contributed by atoms with Gasteiger partial charge in [-0.2, -0.15) is 10.2 Å². The van der Waals surface area contributed by atoms with Crippen molar-refractivity contribution in [1.29, 1.82) is 0 Å². The van der Waals surface area contributed by atoms with Gasteiger partial charge in [0.1, 0.15) is 13.2 Å². The maximum absolute atomic E-state index is 5.61. The lowest BCUT2D eigenvalue weighted by atomic mass is 10.3. The fourth-order valence-corrected chi connectivity index (χ4v) is 2.38. The van der Waals surface area contributed by atoms with Gasteiger partial charge in [-0.3, -0.25) is 4.98 Å². The van der Waals surface area contributed by atoms with Gasteiger partial charge in [-0.15, -0.1) is 10.2 Å². The van der Waals surface area contributed by atoms with E-state index in [-0.39, 0.29) is 0 Å². The Morgan fingerprint density at radius 2 is 1.10 bits per heavy atom. The first-order valence-corrected chi connectivity index (χ1v) is 9.65. The minimum absolute atomic E-state index is 0.395. The number of pyridine rings is 1. The van der Waals surface area contributed by atoms with E-state index >= 15 is 0 Å². The van der Waals surface area contributed by atoms with E-state index in [2.05, 4.69) is 25.4 Å². The molecule has 0 amide bonds. The Balaban J connectivity index is 1.29. The van der Waals surface area contributed by atoms with Crippen LogP contribution in [-0.2, 0) is 22.7 Å². The van der Waals surface area contributed by atoms with Crippen LogP contribution in [0.3, 0.4) is 0 Å². The molecule has 158 valence electrons. The Bertz CT molecular complexity index is 820. The summed E-state index contributed by atoms with van der Waals surface area (Å²) in [5.41, 5.74) is 3.36. The predicted molar refractivity (Wildman–Crippen MR) is 108 cm³/mol. The van der Waals surface area contributed by atoms with E-state index < -0.39 is 0 Å². The SMILES string of the molecule is Cc1ccc(OCCOCc2cccc(COCCOc3ccc(C)nn3)n2)nn1. The lowest BCUT2D eigenvalue weighted by Crippen LogP contribution is -2.10. The van der Waals surface area contributed by atoms with Gasteiger partial charge >= 0.3 is 0 Å². The van der Waals surface area contributed by atoms with Crippen LogP contribution >= 0.6 is 0 Å². The molecule has 0 aromatic carbocycles. The molecule has 9 heteroatoms. The molecule has 0 aliphatic heterocycles. The number of aryl methyl sites for hydroxylation is 2. The van der Waals surface area contributed by atoms with Crippen molar-refractivity contribution in [3.8, 4) is 11.8 Å². The molecule has 3 heterocycles. The maximum Gasteiger partial charge on any atom is 0.233 e. The van der Waals surface area contributed by atoms with Crippen molar-refractivity contribution in [2.75, 3.05) is 26.4 Å². The topological polar surface area (TPSA) is 101 Å². The zero-order valence-corrected chi connectivity index (χ0v) is 17.2. The highest BCUT2D eigenvalue weighted by Gasteiger charge is 2.01. The van der Waals surface area contributed by atoms with Gasteiger partial charge < -0.3 is 18.9 Å². The summed E-state index contributed by atoms with van der Waals surface area (Å²) in [7, 11) is 0. The average molecular weight is 411 g/mol. The molecule has 3 aromatic heterocycles. The van der Waals surface area contributed by atoms with Gasteiger partial charge in [0.15, 0.2) is 0 Å². The van der Waals surface area contributed by atoms with Crippen LogP contribution in [0.4, 0.5) is 0 Å². The summed E-state index contributed by atoms with van der Waals surface area (Å²) in [5, 5.41) is 15.8. The molecule has 0 N–H and O–H groups in total. The van der Waals surface area contributed by atoms with Crippen molar-refractivity contribution in [1.82, 2.24) is 25.4 Å². The van der Waals surface area contributed by atoms with Gasteiger partial charge in [0, 0.05) is 12.1 Å². The Morgan fingerprint density at radius 3 is 1.53 bits per heavy atom. The number of hydrogen-bond acceptors (Lipinski definition) is 9. The number of ether oxygens (including phenoxy) is 4. The van der Waals surface area contributed by atoms with Gasteiger partial charge in [0.05, 0.1) is 49.2 Å². The molecular formula is C21H25N5O4. The van der Waals surface area contributed by atoms with Crippen molar-refractivity contribution in [3.05, 3.63) is 65.2 Å². The van der Waals surface area contributed by atoms with E-state index in [0.29, 0.717) is 51.4 Å². The third-order valence-corrected chi connectivity index (χ3v) is 3.87. The van der Waals surface area contributed by atoms with Crippen LogP contribution < -0.4 is 9.47 Å². The first-order valence-electron chi connectivity index (χ1n) is 9.65. The molecule has 0 unspecified atom stereocenters. The summed E-state index contributed by atoms with van der Waals surface area (Å²) in [6.07, 6.45) is 0. The molecule has 0 fully saturated rings. The smallest absolute Gasteiger partial charge is 0.233 e. The van der Waals surface area contributed by atoms with Crippen LogP contribution in [0.2, 0.25) is 0 Å². The van der Waals surface area contributed by atoms with E-state index in [1.54, 1.807) is 12.1 Å². The Morgan fingerprint density at radius 1 is 0.600 bits per heavy atom. The maximum atomic E-state index is 5.61. The summed E-state index contributed by atoms with van der Waals surface area (Å²) >= 11 is 0. The number of rotatable bonds is 12. The monoisotopic (exact) mass is 411 g/mol. The highest BCUT2D eigenvalue weighted by atomic mass is 16.5. The molecule has 9 nitrogen and oxygen atoms in total. The largest absolute Gasteiger partial charge is 0.474 e. The van der Waals surface area contributed by atoms with Gasteiger partial charge in [-0.25, -0.2) is 0 Å². The molecule has 0 saturated heterocycles. The minimum Gasteiger partial charge on any atom is -0.474 e. The average Bonchev–Trinajstić information content (AvgIpc) is 2.76. The quantitative estimate of drug-likeness (QED) is 0.416. The predicted octanol–water partition coefficient (Wildman–Crippen LogP) is 2.47. The highest BCUT2D eigenvalue weighted by molar-refractivity contribution is 5.11. The second-order valence-corrected chi connectivity index (χ2v) is 6.45. The number of aromatic nitrogens is 5. The minimum atomic E-state index is 0.395. The van der Waals surface area contributed by atoms with E-state index in [0.717, 1.165) is 22.8 Å². The Labute approximate surface area is 175 Å². The van der Waals surface area contributed by atoms with Crippen LogP contribution in [0.25, 0.3) is 0 Å². The fraction of sp³-hybridized carbons (Fsp3) is 0.381. The second kappa shape index (κ2) is 11.7. The third-order valence-electron chi connectivity index (χ3n) is 3.87. The third kappa shape index (κ3) is 7.69. The molecule has 0 bridgehead atoms. The first-order chi connectivity index (χ1) is 14.7. The molecule has 0 aliphatic carbocycles. The van der Waals surface area contributed by atoms with Crippen molar-refractivity contribution in [3.63, 3.8) is 0 Å². The van der Waals surface area contributed by atoms with Crippen molar-refractivity contribution >= 4 is 0 Å².